The Morgan fingerprint density at radius 3 is 2.50 bits per heavy atom. The maximum atomic E-state index is 14.1. The Bertz CT molecular complexity index is 1040. The molecule has 0 saturated heterocycles. The number of nitrogens with zero attached hydrogens (tertiary/aromatic N) is 1. The first-order valence-electron chi connectivity index (χ1n) is 16.8. The predicted octanol–water partition coefficient (Wildman–Crippen LogP) is 9.73. The van der Waals surface area contributed by atoms with Crippen molar-refractivity contribution in [1.82, 2.24) is 0 Å². The maximum absolute atomic E-state index is 14.1. The van der Waals surface area contributed by atoms with E-state index >= 15 is 0 Å². The normalized spacial score (nSPS) is 43.4. The zero-order valence-corrected chi connectivity index (χ0v) is 27.5. The van der Waals surface area contributed by atoms with Gasteiger partial charge in [-0.2, -0.15) is 4.74 Å². The molecule has 10 atom stereocenters. The van der Waals surface area contributed by atoms with E-state index in [1.165, 1.54) is 56.9 Å². The van der Waals surface area contributed by atoms with E-state index in [0.717, 1.165) is 59.5 Å². The van der Waals surface area contributed by atoms with Gasteiger partial charge in [-0.3, -0.25) is 4.57 Å². The molecule has 4 aliphatic carbocycles. The SMILES string of the molecule is CCOP(=O)(O[C@H]1CC[C@@]2(C)C(=CC[C@H]3[C@@H]4CC[C@H]([C@H](C)CCCC(C)C)[C@@]4(C)CC[C@@H]32)C1)C1(C)CCC=[N+]1[O-]. The molecule has 0 amide bonds. The van der Waals surface area contributed by atoms with Gasteiger partial charge in [-0.25, -0.2) is 0 Å². The molecule has 40 heavy (non-hydrogen) atoms. The quantitative estimate of drug-likeness (QED) is 0.113. The second-order valence-electron chi connectivity index (χ2n) is 15.4. The molecule has 2 unspecified atom stereocenters. The van der Waals surface area contributed by atoms with Crippen LogP contribution in [-0.4, -0.2) is 28.9 Å². The monoisotopic (exact) mass is 575 g/mol. The highest BCUT2D eigenvalue weighted by atomic mass is 31.2. The smallest absolute Gasteiger partial charge is 0.402 e. The molecule has 1 heterocycles. The minimum Gasteiger partial charge on any atom is -0.623 e. The zero-order valence-electron chi connectivity index (χ0n) is 26.6. The second-order valence-corrected chi connectivity index (χ2v) is 17.9. The van der Waals surface area contributed by atoms with Crippen LogP contribution in [0.15, 0.2) is 11.6 Å². The lowest BCUT2D eigenvalue weighted by Crippen LogP contribution is -2.51. The predicted molar refractivity (Wildman–Crippen MR) is 164 cm³/mol. The molecule has 1 aliphatic heterocycles. The van der Waals surface area contributed by atoms with Crippen molar-refractivity contribution >= 4 is 13.8 Å². The van der Waals surface area contributed by atoms with Gasteiger partial charge in [0.25, 0.3) is 5.28 Å². The highest BCUT2D eigenvalue weighted by Gasteiger charge is 2.61. The largest absolute Gasteiger partial charge is 0.623 e. The van der Waals surface area contributed by atoms with Crippen LogP contribution in [0.3, 0.4) is 0 Å². The highest BCUT2D eigenvalue weighted by molar-refractivity contribution is 7.55. The fourth-order valence-electron chi connectivity index (χ4n) is 10.4. The fraction of sp³-hybridized carbons (Fsp3) is 0.912. The van der Waals surface area contributed by atoms with Crippen LogP contribution in [0.5, 0.6) is 0 Å². The first-order chi connectivity index (χ1) is 18.9. The second kappa shape index (κ2) is 11.5. The van der Waals surface area contributed by atoms with Gasteiger partial charge in [-0.1, -0.05) is 65.5 Å². The summed E-state index contributed by atoms with van der Waals surface area (Å²) in [7, 11) is -3.60. The Hall–Kier alpha value is -0.640. The van der Waals surface area contributed by atoms with Crippen LogP contribution in [0, 0.1) is 51.5 Å². The van der Waals surface area contributed by atoms with E-state index in [4.69, 9.17) is 9.05 Å². The van der Waals surface area contributed by atoms with Gasteiger partial charge in [0.2, 0.25) is 0 Å². The first-order valence-corrected chi connectivity index (χ1v) is 18.3. The summed E-state index contributed by atoms with van der Waals surface area (Å²) >= 11 is 0. The van der Waals surface area contributed by atoms with Crippen LogP contribution in [0.2, 0.25) is 0 Å². The minimum atomic E-state index is -3.60. The lowest BCUT2D eigenvalue weighted by Gasteiger charge is -2.58. The summed E-state index contributed by atoms with van der Waals surface area (Å²) in [4.78, 5) is 0. The summed E-state index contributed by atoms with van der Waals surface area (Å²) in [5, 5.41) is 11.6. The van der Waals surface area contributed by atoms with E-state index < -0.39 is 12.9 Å². The molecule has 0 radical (unpaired) electrons. The molecule has 0 aromatic rings. The van der Waals surface area contributed by atoms with E-state index in [1.807, 2.05) is 6.92 Å². The van der Waals surface area contributed by atoms with Gasteiger partial charge in [0.05, 0.1) is 12.7 Å². The van der Waals surface area contributed by atoms with Crippen molar-refractivity contribution in [3.8, 4) is 0 Å². The molecule has 5 rings (SSSR count). The molecule has 0 spiro atoms. The van der Waals surface area contributed by atoms with Crippen molar-refractivity contribution in [3.63, 3.8) is 0 Å². The fourth-order valence-corrected chi connectivity index (χ4v) is 12.6. The topological polar surface area (TPSA) is 61.6 Å². The van der Waals surface area contributed by atoms with Crippen molar-refractivity contribution in [3.05, 3.63) is 16.9 Å². The van der Waals surface area contributed by atoms with Gasteiger partial charge < -0.3 is 14.3 Å². The number of hydroxylamine groups is 1. The first kappa shape index (κ1) is 30.8. The van der Waals surface area contributed by atoms with Crippen molar-refractivity contribution in [2.24, 2.45) is 46.3 Å². The molecule has 228 valence electrons. The van der Waals surface area contributed by atoms with Crippen LogP contribution in [0.4, 0.5) is 0 Å². The molecule has 6 heteroatoms. The number of hydrogen-bond acceptors (Lipinski definition) is 4. The minimum absolute atomic E-state index is 0.143. The van der Waals surface area contributed by atoms with E-state index in [1.54, 1.807) is 13.1 Å². The third-order valence-electron chi connectivity index (χ3n) is 12.8. The lowest BCUT2D eigenvalue weighted by molar-refractivity contribution is -0.507. The van der Waals surface area contributed by atoms with Gasteiger partial charge in [0.1, 0.15) is 0 Å². The Kier molecular flexibility index (Phi) is 8.82. The molecule has 0 bridgehead atoms. The Morgan fingerprint density at radius 2 is 1.82 bits per heavy atom. The van der Waals surface area contributed by atoms with E-state index in [-0.39, 0.29) is 18.1 Å². The molecular formula is C34H58NO4P. The average molecular weight is 576 g/mol. The number of hydrogen-bond donors (Lipinski definition) is 0. The van der Waals surface area contributed by atoms with Crippen molar-refractivity contribution < 1.29 is 18.4 Å². The van der Waals surface area contributed by atoms with Crippen molar-refractivity contribution in [2.75, 3.05) is 6.61 Å². The molecule has 3 saturated carbocycles. The number of allylic oxidation sites excluding steroid dienone is 1. The van der Waals surface area contributed by atoms with Gasteiger partial charge in [0.15, 0.2) is 6.21 Å². The van der Waals surface area contributed by atoms with Crippen LogP contribution in [0.1, 0.15) is 132 Å². The molecule has 0 aromatic carbocycles. The lowest BCUT2D eigenvalue weighted by atomic mass is 9.47. The number of rotatable bonds is 10. The third-order valence-corrected chi connectivity index (χ3v) is 15.6. The Morgan fingerprint density at radius 1 is 1.05 bits per heavy atom. The molecule has 0 aromatic heterocycles. The van der Waals surface area contributed by atoms with Crippen LogP contribution in [-0.2, 0) is 13.6 Å². The summed E-state index contributed by atoms with van der Waals surface area (Å²) in [5.41, 5.74) is 2.24. The standard InChI is InChI=1S/C34H58NO4P/c1-8-38-40(37,34(7)19-10-22-35(34)36)39-27-17-20-32(5)26(23-27)13-14-28-30-16-15-29(25(4)12-9-11-24(2)3)33(30,6)21-18-31(28)32/h13,22,24-25,27-31H,8-12,14-21,23H2,1-7H3/t25-,27+,28+,29-,30+,31+,32+,33-,34?,40?/m1/s1. The van der Waals surface area contributed by atoms with Crippen molar-refractivity contribution in [1.29, 1.82) is 0 Å². The summed E-state index contributed by atoms with van der Waals surface area (Å²) in [6.45, 7) is 16.4. The Labute approximate surface area is 245 Å². The summed E-state index contributed by atoms with van der Waals surface area (Å²) in [6.07, 6.45) is 18.9. The van der Waals surface area contributed by atoms with Gasteiger partial charge in [0, 0.05) is 19.8 Å². The molecule has 5 aliphatic rings. The summed E-state index contributed by atoms with van der Waals surface area (Å²) in [5.74, 6) is 4.94. The Balaban J connectivity index is 1.29. The summed E-state index contributed by atoms with van der Waals surface area (Å²) in [6, 6.07) is 0. The third kappa shape index (κ3) is 5.11. The molecule has 5 nitrogen and oxygen atoms in total. The van der Waals surface area contributed by atoms with E-state index in [0.29, 0.717) is 18.3 Å². The van der Waals surface area contributed by atoms with Gasteiger partial charge in [-0.05, 0) is 105 Å². The van der Waals surface area contributed by atoms with Crippen molar-refractivity contribution in [2.45, 2.75) is 143 Å². The average Bonchev–Trinajstić information content (AvgIpc) is 3.43. The molecule has 0 N–H and O–H groups in total. The van der Waals surface area contributed by atoms with Gasteiger partial charge >= 0.3 is 7.60 Å². The van der Waals surface area contributed by atoms with Crippen LogP contribution >= 0.6 is 7.60 Å². The maximum Gasteiger partial charge on any atom is 0.402 e. The molecule has 3 fully saturated rings. The van der Waals surface area contributed by atoms with E-state index in [2.05, 4.69) is 40.7 Å². The van der Waals surface area contributed by atoms with Crippen LogP contribution < -0.4 is 0 Å². The van der Waals surface area contributed by atoms with E-state index in [9.17, 15) is 9.77 Å². The number of fused-ring (bicyclic) bond motifs is 5. The van der Waals surface area contributed by atoms with Gasteiger partial charge in [-0.15, -0.1) is 0 Å². The highest BCUT2D eigenvalue weighted by Crippen LogP contribution is 2.69. The van der Waals surface area contributed by atoms with Crippen LogP contribution in [0.25, 0.3) is 0 Å². The molecular weight excluding hydrogens is 517 g/mol. The zero-order chi connectivity index (χ0) is 28.9. The summed E-state index contributed by atoms with van der Waals surface area (Å²) < 4.78 is 27.2.